The lowest BCUT2D eigenvalue weighted by molar-refractivity contribution is -0.139. The summed E-state index contributed by atoms with van der Waals surface area (Å²) in [6.45, 7) is 0.516. The molecule has 6 nitrogen and oxygen atoms in total. The van der Waals surface area contributed by atoms with E-state index in [1.807, 2.05) is 13.2 Å². The topological polar surface area (TPSA) is 64.4 Å². The van der Waals surface area contributed by atoms with Gasteiger partial charge in [0.1, 0.15) is 12.4 Å². The third kappa shape index (κ3) is 3.76. The Hall–Kier alpha value is -2.34. The number of aromatic nitrogens is 2. The molecule has 126 valence electrons. The first-order valence-corrected chi connectivity index (χ1v) is 8.11. The molecule has 0 unspecified atom stereocenters. The molecule has 0 radical (unpaired) electrons. The summed E-state index contributed by atoms with van der Waals surface area (Å²) in [7, 11) is 1.82. The molecule has 0 spiro atoms. The van der Waals surface area contributed by atoms with E-state index in [2.05, 4.69) is 5.10 Å². The standard InChI is InChI=1S/C17H18ClN3O3/c1-20-11-12(10-19-20)8-13-9-16(22)21(17(13)23)6-7-24-15-4-2-14(18)3-5-15/h2-5,10-11,13H,6-9H2,1H3/t13-/m0/s1. The van der Waals surface area contributed by atoms with Crippen molar-refractivity contribution in [3.8, 4) is 5.75 Å². The summed E-state index contributed by atoms with van der Waals surface area (Å²) in [5, 5.41) is 4.72. The lowest BCUT2D eigenvalue weighted by Crippen LogP contribution is -2.34. The number of imide groups is 1. The Morgan fingerprint density at radius 1 is 1.29 bits per heavy atom. The van der Waals surface area contributed by atoms with E-state index < -0.39 is 0 Å². The third-order valence-electron chi connectivity index (χ3n) is 3.98. The van der Waals surface area contributed by atoms with Gasteiger partial charge in [-0.2, -0.15) is 5.10 Å². The van der Waals surface area contributed by atoms with Crippen molar-refractivity contribution < 1.29 is 14.3 Å². The van der Waals surface area contributed by atoms with Crippen LogP contribution in [0, 0.1) is 5.92 Å². The van der Waals surface area contributed by atoms with Crippen LogP contribution in [0.4, 0.5) is 0 Å². The van der Waals surface area contributed by atoms with Gasteiger partial charge in [0.25, 0.3) is 0 Å². The van der Waals surface area contributed by atoms with Crippen LogP contribution in [0.3, 0.4) is 0 Å². The summed E-state index contributed by atoms with van der Waals surface area (Å²) in [5.74, 6) is 0.0693. The number of ether oxygens (including phenoxy) is 1. The van der Waals surface area contributed by atoms with Crippen LogP contribution in [0.1, 0.15) is 12.0 Å². The van der Waals surface area contributed by atoms with Crippen molar-refractivity contribution in [2.24, 2.45) is 13.0 Å². The van der Waals surface area contributed by atoms with Crippen LogP contribution >= 0.6 is 11.6 Å². The van der Waals surface area contributed by atoms with E-state index in [0.717, 1.165) is 5.56 Å². The van der Waals surface area contributed by atoms with E-state index in [4.69, 9.17) is 16.3 Å². The maximum absolute atomic E-state index is 12.4. The van der Waals surface area contributed by atoms with E-state index in [0.29, 0.717) is 17.2 Å². The SMILES string of the molecule is Cn1cc(C[C@H]2CC(=O)N(CCOc3ccc(Cl)cc3)C2=O)cn1. The van der Waals surface area contributed by atoms with Gasteiger partial charge >= 0.3 is 0 Å². The second kappa shape index (κ2) is 7.05. The Balaban J connectivity index is 1.53. The molecule has 1 aromatic carbocycles. The number of carbonyl (C=O) groups excluding carboxylic acids is 2. The predicted octanol–water partition coefficient (Wildman–Crippen LogP) is 2.07. The van der Waals surface area contributed by atoms with E-state index >= 15 is 0 Å². The summed E-state index contributed by atoms with van der Waals surface area (Å²) in [4.78, 5) is 25.8. The van der Waals surface area contributed by atoms with Gasteiger partial charge in [-0.1, -0.05) is 11.6 Å². The van der Waals surface area contributed by atoms with Crippen molar-refractivity contribution in [3.63, 3.8) is 0 Å². The largest absolute Gasteiger partial charge is 0.492 e. The first-order chi connectivity index (χ1) is 11.5. The zero-order chi connectivity index (χ0) is 17.1. The number of benzene rings is 1. The molecule has 2 amide bonds. The first kappa shape index (κ1) is 16.5. The van der Waals surface area contributed by atoms with E-state index in [-0.39, 0.29) is 37.3 Å². The highest BCUT2D eigenvalue weighted by molar-refractivity contribution is 6.30. The maximum Gasteiger partial charge on any atom is 0.233 e. The predicted molar refractivity (Wildman–Crippen MR) is 88.7 cm³/mol. The number of halogens is 1. The van der Waals surface area contributed by atoms with Gasteiger partial charge in [-0.15, -0.1) is 0 Å². The zero-order valence-electron chi connectivity index (χ0n) is 13.3. The molecule has 0 aliphatic carbocycles. The Labute approximate surface area is 145 Å². The molecule has 0 bridgehead atoms. The number of aryl methyl sites for hydroxylation is 1. The first-order valence-electron chi connectivity index (χ1n) is 7.73. The van der Waals surface area contributed by atoms with E-state index in [1.165, 1.54) is 4.90 Å². The summed E-state index contributed by atoms with van der Waals surface area (Å²) in [6.07, 6.45) is 4.37. The van der Waals surface area contributed by atoms with Crippen molar-refractivity contribution in [2.45, 2.75) is 12.8 Å². The molecule has 2 aromatic rings. The summed E-state index contributed by atoms with van der Waals surface area (Å²) in [5.41, 5.74) is 0.961. The molecule has 1 aliphatic rings. The number of hydrogen-bond donors (Lipinski definition) is 0. The second-order valence-electron chi connectivity index (χ2n) is 5.81. The summed E-state index contributed by atoms with van der Waals surface area (Å²) in [6, 6.07) is 6.96. The number of rotatable bonds is 6. The number of carbonyl (C=O) groups is 2. The quantitative estimate of drug-likeness (QED) is 0.750. The molecule has 3 rings (SSSR count). The minimum atomic E-state index is -0.308. The van der Waals surface area contributed by atoms with Gasteiger partial charge in [-0.05, 0) is 36.2 Å². The lowest BCUT2D eigenvalue weighted by atomic mass is 10.0. The van der Waals surface area contributed by atoms with Crippen LogP contribution in [0.5, 0.6) is 5.75 Å². The lowest BCUT2D eigenvalue weighted by Gasteiger charge is -2.15. The molecule has 1 atom stereocenters. The minimum absolute atomic E-state index is 0.136. The molecule has 24 heavy (non-hydrogen) atoms. The van der Waals surface area contributed by atoms with Gasteiger partial charge in [0.2, 0.25) is 11.8 Å². The fourth-order valence-corrected chi connectivity index (χ4v) is 2.92. The maximum atomic E-state index is 12.4. The number of likely N-dealkylation sites (tertiary alicyclic amines) is 1. The molecular formula is C17H18ClN3O3. The van der Waals surface area contributed by atoms with Crippen molar-refractivity contribution in [1.82, 2.24) is 14.7 Å². The number of amides is 2. The van der Waals surface area contributed by atoms with Crippen molar-refractivity contribution in [3.05, 3.63) is 47.2 Å². The Kier molecular flexibility index (Phi) is 4.85. The number of hydrogen-bond acceptors (Lipinski definition) is 4. The zero-order valence-corrected chi connectivity index (χ0v) is 14.1. The van der Waals surface area contributed by atoms with Gasteiger partial charge in [0.15, 0.2) is 0 Å². The Morgan fingerprint density at radius 3 is 2.71 bits per heavy atom. The highest BCUT2D eigenvalue weighted by atomic mass is 35.5. The van der Waals surface area contributed by atoms with E-state index in [1.54, 1.807) is 35.1 Å². The molecule has 1 aliphatic heterocycles. The van der Waals surface area contributed by atoms with Crippen molar-refractivity contribution in [2.75, 3.05) is 13.2 Å². The molecule has 0 N–H and O–H groups in total. The van der Waals surface area contributed by atoms with Crippen LogP contribution in [0.2, 0.25) is 5.02 Å². The average molecular weight is 348 g/mol. The van der Waals surface area contributed by atoms with Gasteiger partial charge in [-0.3, -0.25) is 19.2 Å². The Morgan fingerprint density at radius 2 is 2.04 bits per heavy atom. The van der Waals surface area contributed by atoms with Crippen LogP contribution < -0.4 is 4.74 Å². The molecule has 1 saturated heterocycles. The van der Waals surface area contributed by atoms with Gasteiger partial charge < -0.3 is 4.74 Å². The van der Waals surface area contributed by atoms with Gasteiger partial charge in [0, 0.05) is 24.7 Å². The smallest absolute Gasteiger partial charge is 0.233 e. The molecule has 1 fully saturated rings. The summed E-state index contributed by atoms with van der Waals surface area (Å²) < 4.78 is 7.25. The second-order valence-corrected chi connectivity index (χ2v) is 6.25. The van der Waals surface area contributed by atoms with E-state index in [9.17, 15) is 9.59 Å². The van der Waals surface area contributed by atoms with Crippen LogP contribution in [0.25, 0.3) is 0 Å². The fraction of sp³-hybridized carbons (Fsp3) is 0.353. The highest BCUT2D eigenvalue weighted by Gasteiger charge is 2.38. The normalized spacial score (nSPS) is 17.6. The van der Waals surface area contributed by atoms with Gasteiger partial charge in [-0.25, -0.2) is 0 Å². The van der Waals surface area contributed by atoms with Crippen molar-refractivity contribution >= 4 is 23.4 Å². The third-order valence-corrected chi connectivity index (χ3v) is 4.23. The Bertz CT molecular complexity index is 742. The molecule has 1 aromatic heterocycles. The van der Waals surface area contributed by atoms with Crippen LogP contribution in [-0.4, -0.2) is 39.6 Å². The molecule has 0 saturated carbocycles. The monoisotopic (exact) mass is 347 g/mol. The molecule has 7 heteroatoms. The number of nitrogens with zero attached hydrogens (tertiary/aromatic N) is 3. The highest BCUT2D eigenvalue weighted by Crippen LogP contribution is 2.23. The molecule has 2 heterocycles. The fourth-order valence-electron chi connectivity index (χ4n) is 2.79. The summed E-state index contributed by atoms with van der Waals surface area (Å²) >= 11 is 5.81. The molecular weight excluding hydrogens is 330 g/mol. The van der Waals surface area contributed by atoms with Crippen LogP contribution in [-0.2, 0) is 23.1 Å². The average Bonchev–Trinajstić information content (AvgIpc) is 3.07. The van der Waals surface area contributed by atoms with Crippen LogP contribution in [0.15, 0.2) is 36.7 Å². The minimum Gasteiger partial charge on any atom is -0.492 e. The van der Waals surface area contributed by atoms with Gasteiger partial charge in [0.05, 0.1) is 18.7 Å². The van der Waals surface area contributed by atoms with Crippen molar-refractivity contribution in [1.29, 1.82) is 0 Å².